The molecule has 0 N–H and O–H groups in total. The number of thiophene rings is 1. The monoisotopic (exact) mass is 465 g/mol. The van der Waals surface area contributed by atoms with Gasteiger partial charge in [-0.15, -0.1) is 11.3 Å². The number of carbonyl (C=O) groups excluding carboxylic acids is 1. The van der Waals surface area contributed by atoms with E-state index < -0.39 is 0 Å². The molecule has 0 unspecified atom stereocenters. The van der Waals surface area contributed by atoms with Crippen molar-refractivity contribution in [1.82, 2.24) is 20.0 Å². The number of anilines is 1. The van der Waals surface area contributed by atoms with E-state index in [1.165, 1.54) is 16.9 Å². The molecule has 4 rings (SSSR count). The van der Waals surface area contributed by atoms with Crippen LogP contribution in [0.4, 0.5) is 5.82 Å². The van der Waals surface area contributed by atoms with Crippen LogP contribution in [-0.2, 0) is 6.54 Å². The lowest BCUT2D eigenvalue weighted by molar-refractivity contribution is 0.0776. The maximum absolute atomic E-state index is 13.2. The van der Waals surface area contributed by atoms with Crippen molar-refractivity contribution in [2.24, 2.45) is 0 Å². The average molecular weight is 466 g/mol. The van der Waals surface area contributed by atoms with Gasteiger partial charge in [-0.1, -0.05) is 22.9 Å². The van der Waals surface area contributed by atoms with Gasteiger partial charge in [-0.2, -0.15) is 0 Å². The number of likely N-dealkylation sites (N-methyl/N-ethyl adjacent to an activating group) is 1. The molecule has 0 saturated carbocycles. The summed E-state index contributed by atoms with van der Waals surface area (Å²) in [5.74, 6) is 2.19. The highest BCUT2D eigenvalue weighted by atomic mass is 32.1. The second kappa shape index (κ2) is 9.58. The second-order valence-corrected chi connectivity index (χ2v) is 9.11. The molecular formula is C24H27N5O3S. The Labute approximate surface area is 196 Å². The van der Waals surface area contributed by atoms with E-state index >= 15 is 0 Å². The fourth-order valence-electron chi connectivity index (χ4n) is 3.56. The minimum atomic E-state index is -0.0825. The summed E-state index contributed by atoms with van der Waals surface area (Å²) >= 11 is 1.38. The summed E-state index contributed by atoms with van der Waals surface area (Å²) in [4.78, 5) is 27.2. The summed E-state index contributed by atoms with van der Waals surface area (Å²) < 4.78 is 11.1. The van der Waals surface area contributed by atoms with Crippen molar-refractivity contribution >= 4 is 33.3 Å². The molecule has 0 aliphatic heterocycles. The molecule has 8 nitrogen and oxygen atoms in total. The van der Waals surface area contributed by atoms with Crippen LogP contribution >= 0.6 is 11.3 Å². The number of rotatable bonds is 8. The van der Waals surface area contributed by atoms with Crippen molar-refractivity contribution in [2.75, 3.05) is 32.1 Å². The van der Waals surface area contributed by atoms with E-state index in [1.807, 2.05) is 63.1 Å². The third-order valence-electron chi connectivity index (χ3n) is 5.40. The Morgan fingerprint density at radius 2 is 1.88 bits per heavy atom. The van der Waals surface area contributed by atoms with Crippen molar-refractivity contribution in [3.8, 4) is 5.75 Å². The first kappa shape index (κ1) is 22.7. The summed E-state index contributed by atoms with van der Waals surface area (Å²) in [6.45, 7) is 7.35. The van der Waals surface area contributed by atoms with Crippen molar-refractivity contribution < 1.29 is 14.1 Å². The molecule has 0 spiro atoms. The molecule has 0 bridgehead atoms. The predicted octanol–water partition coefficient (Wildman–Crippen LogP) is 4.39. The highest BCUT2D eigenvalue weighted by Crippen LogP contribution is 2.35. The highest BCUT2D eigenvalue weighted by molar-refractivity contribution is 7.20. The van der Waals surface area contributed by atoms with Crippen LogP contribution in [-0.4, -0.2) is 53.2 Å². The highest BCUT2D eigenvalue weighted by Gasteiger charge is 2.23. The lowest BCUT2D eigenvalue weighted by atomic mass is 10.2. The molecule has 4 aromatic rings. The molecule has 9 heteroatoms. The molecule has 172 valence electrons. The van der Waals surface area contributed by atoms with Gasteiger partial charge in [0.05, 0.1) is 29.0 Å². The van der Waals surface area contributed by atoms with Gasteiger partial charge in [0, 0.05) is 20.2 Å². The summed E-state index contributed by atoms with van der Waals surface area (Å²) in [6, 6.07) is 9.83. The van der Waals surface area contributed by atoms with Crippen LogP contribution in [0.1, 0.15) is 32.3 Å². The predicted molar refractivity (Wildman–Crippen MR) is 129 cm³/mol. The second-order valence-electron chi connectivity index (χ2n) is 8.11. The Bertz CT molecular complexity index is 1270. The fraction of sp³-hybridized carbons (Fsp3) is 0.333. The largest absolute Gasteiger partial charge is 0.492 e. The SMILES string of the molecule is Cc1ccc(OCCN(C)c2ncnc3sc(C(=O)N(C)Cc4cc(C)no4)c(C)c23)cc1. The molecule has 1 amide bonds. The Morgan fingerprint density at radius 1 is 1.12 bits per heavy atom. The van der Waals surface area contributed by atoms with E-state index in [0.717, 1.165) is 33.0 Å². The van der Waals surface area contributed by atoms with E-state index in [-0.39, 0.29) is 5.91 Å². The minimum absolute atomic E-state index is 0.0825. The van der Waals surface area contributed by atoms with Gasteiger partial charge in [0.2, 0.25) is 0 Å². The van der Waals surface area contributed by atoms with Crippen LogP contribution in [0.2, 0.25) is 0 Å². The molecule has 0 radical (unpaired) electrons. The van der Waals surface area contributed by atoms with Crippen molar-refractivity contribution in [2.45, 2.75) is 27.3 Å². The normalized spacial score (nSPS) is 11.1. The quantitative estimate of drug-likeness (QED) is 0.381. The third kappa shape index (κ3) is 4.98. The first-order chi connectivity index (χ1) is 15.8. The van der Waals surface area contributed by atoms with Crippen molar-refractivity contribution in [3.05, 3.63) is 64.1 Å². The molecule has 0 aliphatic carbocycles. The Kier molecular flexibility index (Phi) is 6.60. The number of hydrogen-bond donors (Lipinski definition) is 0. The van der Waals surface area contributed by atoms with Crippen molar-refractivity contribution in [3.63, 3.8) is 0 Å². The summed E-state index contributed by atoms with van der Waals surface area (Å²) in [6.07, 6.45) is 1.54. The molecule has 0 atom stereocenters. The Balaban J connectivity index is 1.50. The maximum atomic E-state index is 13.2. The summed E-state index contributed by atoms with van der Waals surface area (Å²) in [5.41, 5.74) is 2.86. The zero-order valence-electron chi connectivity index (χ0n) is 19.5. The number of benzene rings is 1. The van der Waals surface area contributed by atoms with Crippen LogP contribution in [0.3, 0.4) is 0 Å². The van der Waals surface area contributed by atoms with Crippen LogP contribution in [0.5, 0.6) is 5.75 Å². The topological polar surface area (TPSA) is 84.6 Å². The number of ether oxygens (including phenoxy) is 1. The summed E-state index contributed by atoms with van der Waals surface area (Å²) in [5, 5.41) is 4.78. The van der Waals surface area contributed by atoms with Gasteiger partial charge in [0.25, 0.3) is 5.91 Å². The number of amides is 1. The fourth-order valence-corrected chi connectivity index (χ4v) is 4.69. The molecule has 3 heterocycles. The molecule has 3 aromatic heterocycles. The van der Waals surface area contributed by atoms with E-state index in [1.54, 1.807) is 18.3 Å². The van der Waals surface area contributed by atoms with Crippen LogP contribution in [0.25, 0.3) is 10.2 Å². The number of nitrogens with zero attached hydrogens (tertiary/aromatic N) is 5. The Hall–Kier alpha value is -3.46. The Morgan fingerprint density at radius 3 is 2.58 bits per heavy atom. The lowest BCUT2D eigenvalue weighted by Crippen LogP contribution is -2.26. The number of fused-ring (bicyclic) bond motifs is 1. The van der Waals surface area contributed by atoms with Crippen molar-refractivity contribution in [1.29, 1.82) is 0 Å². The smallest absolute Gasteiger partial charge is 0.264 e. The number of aryl methyl sites for hydroxylation is 3. The zero-order chi connectivity index (χ0) is 23.5. The zero-order valence-corrected chi connectivity index (χ0v) is 20.3. The van der Waals surface area contributed by atoms with Crippen LogP contribution < -0.4 is 9.64 Å². The minimum Gasteiger partial charge on any atom is -0.492 e. The maximum Gasteiger partial charge on any atom is 0.264 e. The third-order valence-corrected chi connectivity index (χ3v) is 6.58. The van der Waals surface area contributed by atoms with E-state index in [0.29, 0.717) is 30.3 Å². The van der Waals surface area contributed by atoms with Crippen LogP contribution in [0.15, 0.2) is 41.2 Å². The van der Waals surface area contributed by atoms with E-state index in [4.69, 9.17) is 9.26 Å². The summed E-state index contributed by atoms with van der Waals surface area (Å²) in [7, 11) is 3.72. The molecule has 1 aromatic carbocycles. The number of aromatic nitrogens is 3. The molecule has 33 heavy (non-hydrogen) atoms. The molecular weight excluding hydrogens is 438 g/mol. The van der Waals surface area contributed by atoms with Gasteiger partial charge in [-0.05, 0) is 38.5 Å². The van der Waals surface area contributed by atoms with Crippen LogP contribution in [0, 0.1) is 20.8 Å². The van der Waals surface area contributed by atoms with E-state index in [2.05, 4.69) is 15.1 Å². The first-order valence-corrected chi connectivity index (χ1v) is 11.5. The van der Waals surface area contributed by atoms with Gasteiger partial charge in [-0.3, -0.25) is 4.79 Å². The van der Waals surface area contributed by atoms with Gasteiger partial charge < -0.3 is 19.1 Å². The lowest BCUT2D eigenvalue weighted by Gasteiger charge is -2.19. The number of carbonyl (C=O) groups is 1. The first-order valence-electron chi connectivity index (χ1n) is 10.7. The molecule has 0 fully saturated rings. The molecule has 0 aliphatic rings. The van der Waals surface area contributed by atoms with Gasteiger partial charge in [-0.25, -0.2) is 9.97 Å². The van der Waals surface area contributed by atoms with E-state index in [9.17, 15) is 4.79 Å². The number of hydrogen-bond acceptors (Lipinski definition) is 8. The average Bonchev–Trinajstić information content (AvgIpc) is 3.37. The standard InChI is InChI=1S/C24H27N5O3S/c1-15-6-8-18(9-7-15)31-11-10-28(4)22-20-17(3)21(33-23(20)26-14-25-22)24(30)29(5)13-19-12-16(2)27-32-19/h6-9,12,14H,10-11,13H2,1-5H3. The van der Waals surface area contributed by atoms with Gasteiger partial charge in [0.1, 0.15) is 29.3 Å². The van der Waals surface area contributed by atoms with Gasteiger partial charge in [0.15, 0.2) is 5.76 Å². The molecule has 0 saturated heterocycles. The van der Waals surface area contributed by atoms with Gasteiger partial charge >= 0.3 is 0 Å².